The number of rotatable bonds is 13. The second-order valence-corrected chi connectivity index (χ2v) is 10.1. The van der Waals surface area contributed by atoms with Crippen molar-refractivity contribution in [2.75, 3.05) is 20.3 Å². The number of hydrogen-bond donors (Lipinski definition) is 3. The van der Waals surface area contributed by atoms with Crippen LogP contribution in [0.15, 0.2) is 66.7 Å². The summed E-state index contributed by atoms with van der Waals surface area (Å²) in [7, 11) is 1.66. The molecule has 1 aliphatic carbocycles. The highest BCUT2D eigenvalue weighted by molar-refractivity contribution is 5.94. The van der Waals surface area contributed by atoms with E-state index in [4.69, 9.17) is 11.2 Å². The highest BCUT2D eigenvalue weighted by atomic mass is 19.1. The molecule has 3 aromatic carbocycles. The van der Waals surface area contributed by atoms with E-state index in [0.29, 0.717) is 17.7 Å². The lowest BCUT2D eigenvalue weighted by molar-refractivity contribution is 0.0822. The number of nitrogens with one attached hydrogen (secondary N) is 2. The van der Waals surface area contributed by atoms with E-state index >= 15 is 0 Å². The number of ether oxygens (including phenoxy) is 1. The molecule has 0 saturated heterocycles. The van der Waals surface area contributed by atoms with E-state index in [1.807, 2.05) is 36.4 Å². The Morgan fingerprint density at radius 1 is 1.08 bits per heavy atom. The van der Waals surface area contributed by atoms with Crippen LogP contribution in [0.1, 0.15) is 51.9 Å². The molecule has 4 rings (SSSR count). The van der Waals surface area contributed by atoms with Crippen molar-refractivity contribution < 1.29 is 23.4 Å². The number of aryl methyl sites for hydroxylation is 1. The van der Waals surface area contributed by atoms with Gasteiger partial charge < -0.3 is 20.5 Å². The maximum Gasteiger partial charge on any atom is 0.251 e. The van der Waals surface area contributed by atoms with Crippen molar-refractivity contribution in [3.63, 3.8) is 0 Å². The van der Waals surface area contributed by atoms with Crippen LogP contribution in [0.4, 0.5) is 8.78 Å². The van der Waals surface area contributed by atoms with Gasteiger partial charge in [0.2, 0.25) is 0 Å². The molecular formula is C32H34F2N2O3. The number of terminal acetylenes is 1. The van der Waals surface area contributed by atoms with Gasteiger partial charge in [-0.1, -0.05) is 30.2 Å². The van der Waals surface area contributed by atoms with Crippen LogP contribution >= 0.6 is 0 Å². The van der Waals surface area contributed by atoms with Crippen LogP contribution in [0.25, 0.3) is 0 Å². The molecule has 3 N–H and O–H groups in total. The van der Waals surface area contributed by atoms with Gasteiger partial charge in [-0.2, -0.15) is 0 Å². The average Bonchev–Trinajstić information content (AvgIpc) is 3.72. The topological polar surface area (TPSA) is 70.6 Å². The number of hydrogen-bond acceptors (Lipinski definition) is 4. The minimum Gasteiger partial charge on any atom is -0.390 e. The molecule has 204 valence electrons. The summed E-state index contributed by atoms with van der Waals surface area (Å²) < 4.78 is 32.9. The molecule has 7 heteroatoms. The van der Waals surface area contributed by atoms with Crippen LogP contribution in [0.3, 0.4) is 0 Å². The number of aliphatic hydroxyl groups is 1. The summed E-state index contributed by atoms with van der Waals surface area (Å²) in [5.74, 6) is 0.853. The summed E-state index contributed by atoms with van der Waals surface area (Å²) in [6.07, 6.45) is 8.07. The molecule has 0 aromatic heterocycles. The Kier molecular flexibility index (Phi) is 9.47. The van der Waals surface area contributed by atoms with Gasteiger partial charge >= 0.3 is 0 Å². The lowest BCUT2D eigenvalue weighted by Gasteiger charge is -2.27. The van der Waals surface area contributed by atoms with E-state index in [9.17, 15) is 18.7 Å². The van der Waals surface area contributed by atoms with Crippen LogP contribution in [-0.4, -0.2) is 43.4 Å². The van der Waals surface area contributed by atoms with Gasteiger partial charge in [0.15, 0.2) is 0 Å². The molecule has 0 aliphatic heterocycles. The first-order valence-corrected chi connectivity index (χ1v) is 13.2. The molecule has 1 aliphatic rings. The first kappa shape index (κ1) is 28.4. The predicted molar refractivity (Wildman–Crippen MR) is 147 cm³/mol. The molecule has 5 nitrogen and oxygen atoms in total. The summed E-state index contributed by atoms with van der Waals surface area (Å²) in [5, 5.41) is 17.5. The molecule has 1 fully saturated rings. The van der Waals surface area contributed by atoms with Crippen molar-refractivity contribution in [1.82, 2.24) is 10.6 Å². The van der Waals surface area contributed by atoms with E-state index in [1.165, 1.54) is 12.1 Å². The van der Waals surface area contributed by atoms with Crippen molar-refractivity contribution >= 4 is 5.91 Å². The minimum absolute atomic E-state index is 0.0535. The fraction of sp³-hybridized carbons (Fsp3) is 0.344. The van der Waals surface area contributed by atoms with Crippen molar-refractivity contribution in [1.29, 1.82) is 0 Å². The Balaban J connectivity index is 1.47. The maximum atomic E-state index is 13.9. The lowest BCUT2D eigenvalue weighted by atomic mass is 9.98. The normalized spacial score (nSPS) is 15.3. The zero-order valence-corrected chi connectivity index (χ0v) is 22.1. The summed E-state index contributed by atoms with van der Waals surface area (Å²) >= 11 is 0. The van der Waals surface area contributed by atoms with Gasteiger partial charge in [0, 0.05) is 43.0 Å². The molecule has 39 heavy (non-hydrogen) atoms. The van der Waals surface area contributed by atoms with Gasteiger partial charge in [-0.15, -0.1) is 6.42 Å². The van der Waals surface area contributed by atoms with Crippen LogP contribution in [0.2, 0.25) is 0 Å². The highest BCUT2D eigenvalue weighted by Crippen LogP contribution is 2.45. The van der Waals surface area contributed by atoms with Gasteiger partial charge in [0.1, 0.15) is 11.6 Å². The lowest BCUT2D eigenvalue weighted by Crippen LogP contribution is -2.50. The third kappa shape index (κ3) is 7.73. The van der Waals surface area contributed by atoms with Crippen LogP contribution in [0.5, 0.6) is 0 Å². The number of halogens is 2. The fourth-order valence-electron chi connectivity index (χ4n) is 4.80. The Morgan fingerprint density at radius 3 is 2.44 bits per heavy atom. The van der Waals surface area contributed by atoms with E-state index < -0.39 is 23.8 Å². The standard InChI is InChI=1S/C32H34F2N2O3/c1-3-22-6-4-8-26(16-22)32(13-14-32)35-21-30(37)29(19-24-17-27(33)20-28(34)18-24)36-31(38)25-11-9-23(10-12-25)7-5-15-39-2/h1,4,6,8-12,16-18,20,29-30,35,37H,5,7,13-15,19,21H2,2H3,(H,36,38). The molecule has 0 heterocycles. The quantitative estimate of drug-likeness (QED) is 0.224. The number of aliphatic hydroxyl groups excluding tert-OH is 1. The van der Waals surface area contributed by atoms with E-state index in [-0.39, 0.29) is 24.4 Å². The first-order chi connectivity index (χ1) is 18.8. The summed E-state index contributed by atoms with van der Waals surface area (Å²) in [6.45, 7) is 0.828. The number of carbonyl (C=O) groups excluding carboxylic acids is 1. The average molecular weight is 533 g/mol. The van der Waals surface area contributed by atoms with Crippen molar-refractivity contribution in [2.24, 2.45) is 0 Å². The van der Waals surface area contributed by atoms with Crippen molar-refractivity contribution in [2.45, 2.75) is 49.8 Å². The molecular weight excluding hydrogens is 498 g/mol. The number of carbonyl (C=O) groups is 1. The fourth-order valence-corrected chi connectivity index (χ4v) is 4.80. The van der Waals surface area contributed by atoms with E-state index in [0.717, 1.165) is 48.4 Å². The van der Waals surface area contributed by atoms with Gasteiger partial charge in [0.05, 0.1) is 12.1 Å². The molecule has 0 bridgehead atoms. The van der Waals surface area contributed by atoms with Gasteiger partial charge in [-0.25, -0.2) is 8.78 Å². The summed E-state index contributed by atoms with van der Waals surface area (Å²) in [5.41, 5.74) is 3.39. The van der Waals surface area contributed by atoms with E-state index in [2.05, 4.69) is 16.6 Å². The second-order valence-electron chi connectivity index (χ2n) is 10.1. The van der Waals surface area contributed by atoms with Crippen LogP contribution in [0, 0.1) is 24.0 Å². The molecule has 1 amide bonds. The number of methoxy groups -OCH3 is 1. The second kappa shape index (κ2) is 13.0. The molecule has 0 spiro atoms. The smallest absolute Gasteiger partial charge is 0.251 e. The van der Waals surface area contributed by atoms with Crippen LogP contribution < -0.4 is 10.6 Å². The molecule has 1 saturated carbocycles. The molecule has 2 unspecified atom stereocenters. The molecule has 2 atom stereocenters. The highest BCUT2D eigenvalue weighted by Gasteiger charge is 2.44. The molecule has 3 aromatic rings. The van der Waals surface area contributed by atoms with Crippen molar-refractivity contribution in [3.05, 3.63) is 106 Å². The molecule has 0 radical (unpaired) electrons. The Hall–Kier alpha value is -3.57. The Bertz CT molecular complexity index is 1300. The van der Waals surface area contributed by atoms with Gasteiger partial charge in [0.25, 0.3) is 5.91 Å². The Morgan fingerprint density at radius 2 is 1.79 bits per heavy atom. The number of benzene rings is 3. The SMILES string of the molecule is C#Cc1cccc(C2(NCC(O)C(Cc3cc(F)cc(F)c3)NC(=O)c3ccc(CCCOC)cc3)CC2)c1. The minimum atomic E-state index is -1.03. The largest absolute Gasteiger partial charge is 0.390 e. The van der Waals surface area contributed by atoms with Crippen LogP contribution in [-0.2, 0) is 23.1 Å². The predicted octanol–water partition coefficient (Wildman–Crippen LogP) is 4.51. The van der Waals surface area contributed by atoms with Gasteiger partial charge in [-0.3, -0.25) is 4.79 Å². The van der Waals surface area contributed by atoms with E-state index in [1.54, 1.807) is 19.2 Å². The number of amides is 1. The first-order valence-electron chi connectivity index (χ1n) is 13.2. The third-order valence-electron chi connectivity index (χ3n) is 7.17. The monoisotopic (exact) mass is 532 g/mol. The zero-order valence-electron chi connectivity index (χ0n) is 22.1. The Labute approximate surface area is 228 Å². The van der Waals surface area contributed by atoms with Gasteiger partial charge in [-0.05, 0) is 85.2 Å². The van der Waals surface area contributed by atoms with Crippen molar-refractivity contribution in [3.8, 4) is 12.3 Å². The maximum absolute atomic E-state index is 13.9. The summed E-state index contributed by atoms with van der Waals surface area (Å²) in [6, 6.07) is 17.4. The zero-order chi connectivity index (χ0) is 27.8. The third-order valence-corrected chi connectivity index (χ3v) is 7.17. The summed E-state index contributed by atoms with van der Waals surface area (Å²) in [4.78, 5) is 13.1.